The number of carbonyl (C=O) groups is 14. The molecule has 2 fully saturated rings. The first-order valence-electron chi connectivity index (χ1n) is 31.3. The summed E-state index contributed by atoms with van der Waals surface area (Å²) in [5.41, 5.74) is 13.8. The molecule has 0 spiro atoms. The molecule has 13 amide bonds. The number of imidazole rings is 1. The van der Waals surface area contributed by atoms with Crippen LogP contribution >= 0.6 is 43.2 Å². The molecule has 2 aliphatic rings. The number of aliphatic hydroxyl groups is 1. The maximum absolute atomic E-state index is 14.5. The van der Waals surface area contributed by atoms with Gasteiger partial charge >= 0.3 is 5.97 Å². The topological polar surface area (TPSA) is 541 Å². The van der Waals surface area contributed by atoms with Gasteiger partial charge < -0.3 is 101 Å². The molecule has 4 heterocycles. The number of aromatic nitrogens is 3. The molecule has 0 unspecified atom stereocenters. The molecule has 99 heavy (non-hydrogen) atoms. The summed E-state index contributed by atoms with van der Waals surface area (Å²) in [6.45, 7) is 8.21. The number of phenols is 1. The molecule has 34 nitrogen and oxygen atoms in total. The summed E-state index contributed by atoms with van der Waals surface area (Å²) in [5, 5.41) is 61.7. The van der Waals surface area contributed by atoms with E-state index in [4.69, 9.17) is 11.5 Å². The van der Waals surface area contributed by atoms with Gasteiger partial charge in [-0.25, -0.2) is 4.98 Å². The summed E-state index contributed by atoms with van der Waals surface area (Å²) in [5.74, 6) is -15.7. The molecule has 2 bridgehead atoms. The third-order valence-corrected chi connectivity index (χ3v) is 20.4. The molecule has 14 atom stereocenters. The monoisotopic (exact) mass is 1450 g/mol. The summed E-state index contributed by atoms with van der Waals surface area (Å²) in [7, 11) is 3.75. The number of aliphatic carboxylic acids is 1. The molecular weight excluding hydrogens is 1370 g/mol. The van der Waals surface area contributed by atoms with Crippen LogP contribution in [0.4, 0.5) is 0 Å². The van der Waals surface area contributed by atoms with Gasteiger partial charge in [-0.2, -0.15) is 0 Å². The van der Waals surface area contributed by atoms with Gasteiger partial charge in [-0.05, 0) is 69.4 Å². The first kappa shape index (κ1) is 78.9. The van der Waals surface area contributed by atoms with Crippen molar-refractivity contribution >= 4 is 137 Å². The normalized spacial score (nSPS) is 27.0. The van der Waals surface area contributed by atoms with Crippen LogP contribution in [0.2, 0.25) is 0 Å². The van der Waals surface area contributed by atoms with Gasteiger partial charge in [0.05, 0.1) is 18.5 Å². The van der Waals surface area contributed by atoms with E-state index in [0.717, 1.165) is 43.2 Å². The molecule has 0 radical (unpaired) electrons. The van der Waals surface area contributed by atoms with E-state index in [1.807, 2.05) is 0 Å². The van der Waals surface area contributed by atoms with Gasteiger partial charge in [0.1, 0.15) is 78.3 Å². The average molecular weight is 1450 g/mol. The van der Waals surface area contributed by atoms with Crippen molar-refractivity contribution < 1.29 is 82.4 Å². The lowest BCUT2D eigenvalue weighted by Crippen LogP contribution is -2.62. The number of para-hydroxylation sites is 1. The third-order valence-electron chi connectivity index (χ3n) is 15.6. The molecule has 0 saturated carbocycles. The molecule has 2 aromatic carbocycles. The van der Waals surface area contributed by atoms with Gasteiger partial charge in [-0.15, -0.1) is 0 Å². The lowest BCUT2D eigenvalue weighted by atomic mass is 10.0. The fourth-order valence-corrected chi connectivity index (χ4v) is 14.5. The molecule has 21 N–H and O–H groups in total. The number of aromatic hydroxyl groups is 1. The zero-order chi connectivity index (χ0) is 72.8. The van der Waals surface area contributed by atoms with Crippen LogP contribution in [-0.4, -0.2) is 221 Å². The number of nitrogens with zero attached hydrogens (tertiary/aromatic N) is 1. The van der Waals surface area contributed by atoms with Crippen molar-refractivity contribution in [3.05, 3.63) is 84.1 Å². The van der Waals surface area contributed by atoms with Crippen molar-refractivity contribution in [3.63, 3.8) is 0 Å². The molecule has 2 saturated heterocycles. The lowest BCUT2D eigenvalue weighted by molar-refractivity contribution is -0.138. The van der Waals surface area contributed by atoms with Crippen LogP contribution in [0.1, 0.15) is 71.2 Å². The van der Waals surface area contributed by atoms with Crippen molar-refractivity contribution in [2.75, 3.05) is 23.0 Å². The number of nitrogens with two attached hydrogens (primary N) is 2. The number of amides is 13. The van der Waals surface area contributed by atoms with E-state index in [0.29, 0.717) is 27.7 Å². The van der Waals surface area contributed by atoms with Crippen molar-refractivity contribution in [1.29, 1.82) is 0 Å². The number of primary amides is 1. The molecule has 4 aromatic rings. The van der Waals surface area contributed by atoms with Crippen molar-refractivity contribution in [2.24, 2.45) is 17.4 Å². The molecule has 538 valence electrons. The Morgan fingerprint density at radius 1 is 0.535 bits per heavy atom. The van der Waals surface area contributed by atoms with E-state index in [-0.39, 0.29) is 48.0 Å². The third kappa shape index (κ3) is 24.1. The van der Waals surface area contributed by atoms with Gasteiger partial charge in [0.2, 0.25) is 76.8 Å². The van der Waals surface area contributed by atoms with E-state index in [1.54, 1.807) is 44.3 Å². The predicted molar refractivity (Wildman–Crippen MR) is 367 cm³/mol. The van der Waals surface area contributed by atoms with Gasteiger partial charge in [-0.1, -0.05) is 87.4 Å². The van der Waals surface area contributed by atoms with E-state index < -0.39 is 186 Å². The minimum atomic E-state index is -1.79. The van der Waals surface area contributed by atoms with Gasteiger partial charge in [0, 0.05) is 77.7 Å². The number of hydrogen-bond acceptors (Lipinski definition) is 22. The van der Waals surface area contributed by atoms with Crippen molar-refractivity contribution in [2.45, 2.75) is 158 Å². The Morgan fingerprint density at radius 3 is 1.62 bits per heavy atom. The number of carboxylic acids is 1. The molecule has 2 aromatic heterocycles. The Hall–Kier alpha value is -9.11. The number of fused-ring (bicyclic) bond motifs is 6. The Kier molecular flexibility index (Phi) is 30.1. The number of benzene rings is 2. The second-order valence-corrected chi connectivity index (χ2v) is 29.0. The highest BCUT2D eigenvalue weighted by molar-refractivity contribution is 8.77. The quantitative estimate of drug-likeness (QED) is 0.0601. The standard InChI is InChI=1S/C61H83N17O17S4/c1-27(2)47-60(94)69-30(5)51(85)71-40(17-32-11-13-35(80)14-12-32)55(89)67-29(4)52(86)75-45-25-99-98-24-44(76-56(90)42(19-34-21-64-26-66-34)73-54(88)39(70-59(45)93)15-16-46(81)82)58(92)68-28(3)50(84)72-41(18-33-20-65-38-10-8-7-9-36(33)38)57(91)78-48(31(6)79)61(95)74-43(49(63)83)23-97-96-22-37(62)53(87)77-47/h7-14,20-21,26-31,37,39-45,47-48,65,79-80H,15-19,22-25,62H2,1-6H3,(H2,63,83)(H,64,66)(H,67,89)(H,68,92)(H,69,94)(H,70,93)(H,71,85)(H,72,84)(H,73,88)(H,74,95)(H,75,86)(H,76,90)(H,77,87)(H,78,91)(H,81,82)/t28-,29-,30-,31+,37-,39-,40-,41-,42-,43-,44-,45-,47-,48-/m0/s1. The van der Waals surface area contributed by atoms with E-state index >= 15 is 0 Å². The summed E-state index contributed by atoms with van der Waals surface area (Å²) >= 11 is 0. The van der Waals surface area contributed by atoms with Crippen LogP contribution < -0.4 is 75.3 Å². The van der Waals surface area contributed by atoms with E-state index in [2.05, 4.69) is 78.8 Å². The molecule has 38 heteroatoms. The van der Waals surface area contributed by atoms with Crippen LogP contribution in [-0.2, 0) is 86.4 Å². The fourth-order valence-electron chi connectivity index (χ4n) is 9.83. The Morgan fingerprint density at radius 2 is 1.02 bits per heavy atom. The van der Waals surface area contributed by atoms with Crippen molar-refractivity contribution in [3.8, 4) is 5.75 Å². The van der Waals surface area contributed by atoms with Gasteiger partial charge in [0.15, 0.2) is 0 Å². The minimum Gasteiger partial charge on any atom is -0.508 e. The SMILES string of the molecule is CC(C)[C@@H]1NC(=O)[C@@H](N)CSSC[C@@H](C(N)=O)NC(=O)[C@H]([C@@H](C)O)NC(=O)[C@H](Cc2c[nH]c3ccccc23)NC(=O)[C@H](C)NC(=O)[C@@H]2CSSC[C@H](NC(=O)[C@H](C)NC(=O)[C@H](Cc3ccc(O)cc3)NC(=O)[C@H](C)NC1=O)C(=O)N[C@@H](CCC(=O)O)C(=O)N[C@@H](Cc1cnc[nH]1)C(=O)N2. The van der Waals surface area contributed by atoms with Gasteiger partial charge in [0.25, 0.3) is 0 Å². The van der Waals surface area contributed by atoms with Crippen LogP contribution in [0.3, 0.4) is 0 Å². The lowest BCUT2D eigenvalue weighted by Gasteiger charge is -2.28. The number of nitrogens with one attached hydrogen (secondary N) is 14. The molecule has 0 aliphatic carbocycles. The van der Waals surface area contributed by atoms with E-state index in [9.17, 15) is 82.4 Å². The maximum Gasteiger partial charge on any atom is 0.303 e. The maximum atomic E-state index is 14.5. The number of rotatable bonds is 12. The summed E-state index contributed by atoms with van der Waals surface area (Å²) in [6.07, 6.45) is 0.551. The minimum absolute atomic E-state index is 0.120. The number of carbonyl (C=O) groups excluding carboxylic acids is 13. The predicted octanol–water partition coefficient (Wildman–Crippen LogP) is -3.99. The van der Waals surface area contributed by atoms with Crippen LogP contribution in [0.5, 0.6) is 5.75 Å². The Labute approximate surface area is 583 Å². The first-order valence-corrected chi connectivity index (χ1v) is 36.2. The first-order chi connectivity index (χ1) is 46.9. The summed E-state index contributed by atoms with van der Waals surface area (Å²) in [4.78, 5) is 205. The molecular formula is C61H83N17O17S4. The molecule has 2 aliphatic heterocycles. The number of aliphatic hydroxyl groups excluding tert-OH is 1. The number of phenolic OH excluding ortho intramolecular Hbond substituents is 1. The Bertz CT molecular complexity index is 3570. The van der Waals surface area contributed by atoms with Crippen LogP contribution in [0.25, 0.3) is 10.9 Å². The summed E-state index contributed by atoms with van der Waals surface area (Å²) < 4.78 is 0. The number of aromatic amines is 2. The van der Waals surface area contributed by atoms with Crippen LogP contribution in [0.15, 0.2) is 67.3 Å². The fraction of sp³-hybridized carbons (Fsp3) is 0.492. The second-order valence-electron chi connectivity index (χ2n) is 23.9. The smallest absolute Gasteiger partial charge is 0.303 e. The zero-order valence-corrected chi connectivity index (χ0v) is 57.9. The number of H-pyrrole nitrogens is 2. The zero-order valence-electron chi connectivity index (χ0n) is 54.7. The highest BCUT2D eigenvalue weighted by atomic mass is 33.1. The van der Waals surface area contributed by atoms with Crippen molar-refractivity contribution in [1.82, 2.24) is 78.8 Å². The Balaban J connectivity index is 1.36. The van der Waals surface area contributed by atoms with Crippen LogP contribution in [0, 0.1) is 5.92 Å². The number of carboxylic acid groups (broad SMARTS) is 1. The van der Waals surface area contributed by atoms with Gasteiger partial charge in [-0.3, -0.25) is 67.1 Å². The summed E-state index contributed by atoms with van der Waals surface area (Å²) in [6, 6.07) is -7.08. The average Bonchev–Trinajstić information content (AvgIpc) is 1.72. The highest BCUT2D eigenvalue weighted by Gasteiger charge is 2.38. The molecule has 6 rings (SSSR count). The highest BCUT2D eigenvalue weighted by Crippen LogP contribution is 2.26. The second kappa shape index (κ2) is 37.7. The number of hydrogen-bond donors (Lipinski definition) is 19. The largest absolute Gasteiger partial charge is 0.508 e. The van der Waals surface area contributed by atoms with E-state index in [1.165, 1.54) is 64.5 Å².